The largest absolute Gasteiger partial charge is 0.452 e. The number of para-hydroxylation sites is 1. The van der Waals surface area contributed by atoms with Crippen molar-refractivity contribution in [2.75, 3.05) is 0 Å². The van der Waals surface area contributed by atoms with Crippen LogP contribution in [0, 0.1) is 0 Å². The van der Waals surface area contributed by atoms with Crippen LogP contribution in [0.2, 0.25) is 0 Å². The van der Waals surface area contributed by atoms with Gasteiger partial charge in [0.15, 0.2) is 0 Å². The van der Waals surface area contributed by atoms with Crippen LogP contribution < -0.4 is 0 Å². The number of hydrogen-bond donors (Lipinski definition) is 0. The predicted molar refractivity (Wildman–Crippen MR) is 106 cm³/mol. The van der Waals surface area contributed by atoms with Crippen LogP contribution in [0.15, 0.2) is 83.3 Å². The van der Waals surface area contributed by atoms with Crippen molar-refractivity contribution in [1.29, 1.82) is 0 Å². The third kappa shape index (κ3) is 3.90. The number of hydrogen-bond acceptors (Lipinski definition) is 4. The van der Waals surface area contributed by atoms with Gasteiger partial charge in [-0.1, -0.05) is 63.6 Å². The summed E-state index contributed by atoms with van der Waals surface area (Å²) >= 11 is 3.48. The molecule has 27 heavy (non-hydrogen) atoms. The number of ether oxygens (including phenoxy) is 1. The van der Waals surface area contributed by atoms with E-state index in [1.54, 1.807) is 16.8 Å². The molecular weight excluding hydrogens is 406 g/mol. The Bertz CT molecular complexity index is 1080. The Morgan fingerprint density at radius 3 is 2.59 bits per heavy atom. The van der Waals surface area contributed by atoms with E-state index >= 15 is 0 Å². The first kappa shape index (κ1) is 17.4. The lowest BCUT2D eigenvalue weighted by Gasteiger charge is -2.19. The summed E-state index contributed by atoms with van der Waals surface area (Å²) in [7, 11) is 0. The van der Waals surface area contributed by atoms with Crippen molar-refractivity contribution in [3.63, 3.8) is 0 Å². The lowest BCUT2D eigenvalue weighted by atomic mass is 10.1. The number of aromatic nitrogens is 3. The Balaban J connectivity index is 1.67. The summed E-state index contributed by atoms with van der Waals surface area (Å²) in [5, 5.41) is 8.41. The highest BCUT2D eigenvalue weighted by Crippen LogP contribution is 2.25. The minimum absolute atomic E-state index is 0.370. The SMILES string of the molecule is O=C(OC(Cn1nnc2ccccc21)c1cccc(Br)c1)c1ccccc1. The molecule has 0 fully saturated rings. The van der Waals surface area contributed by atoms with E-state index in [1.807, 2.05) is 66.7 Å². The molecule has 1 aromatic heterocycles. The molecule has 0 saturated heterocycles. The van der Waals surface area contributed by atoms with Crippen LogP contribution >= 0.6 is 15.9 Å². The van der Waals surface area contributed by atoms with Crippen molar-refractivity contribution < 1.29 is 9.53 Å². The lowest BCUT2D eigenvalue weighted by Crippen LogP contribution is -2.18. The standard InChI is InChI=1S/C21H16BrN3O2/c22-17-10-6-9-16(13-17)20(27-21(26)15-7-2-1-3-8-15)14-25-19-12-5-4-11-18(19)23-24-25/h1-13,20H,14H2. The van der Waals surface area contributed by atoms with Gasteiger partial charge in [-0.2, -0.15) is 0 Å². The second-order valence-corrected chi connectivity index (χ2v) is 6.99. The van der Waals surface area contributed by atoms with E-state index < -0.39 is 6.10 Å². The summed E-state index contributed by atoms with van der Waals surface area (Å²) in [5.41, 5.74) is 3.10. The van der Waals surface area contributed by atoms with Gasteiger partial charge >= 0.3 is 5.97 Å². The Kier molecular flexibility index (Phi) is 4.98. The molecular formula is C21H16BrN3O2. The Hall–Kier alpha value is -2.99. The summed E-state index contributed by atoms with van der Waals surface area (Å²) in [4.78, 5) is 12.6. The highest BCUT2D eigenvalue weighted by Gasteiger charge is 2.20. The summed E-state index contributed by atoms with van der Waals surface area (Å²) in [6, 6.07) is 24.4. The number of benzene rings is 3. The maximum atomic E-state index is 12.6. The number of halogens is 1. The van der Waals surface area contributed by atoms with E-state index in [0.717, 1.165) is 21.1 Å². The van der Waals surface area contributed by atoms with Gasteiger partial charge in [0.05, 0.1) is 17.6 Å². The first-order chi connectivity index (χ1) is 13.2. The van der Waals surface area contributed by atoms with E-state index in [2.05, 4.69) is 26.2 Å². The molecule has 0 spiro atoms. The normalized spacial score (nSPS) is 12.0. The van der Waals surface area contributed by atoms with Crippen molar-refractivity contribution in [1.82, 2.24) is 15.0 Å². The number of fused-ring (bicyclic) bond motifs is 1. The molecule has 0 amide bonds. The van der Waals surface area contributed by atoms with Crippen molar-refractivity contribution >= 4 is 32.9 Å². The van der Waals surface area contributed by atoms with Gasteiger partial charge in [0.2, 0.25) is 0 Å². The second kappa shape index (κ2) is 7.72. The zero-order chi connectivity index (χ0) is 18.6. The van der Waals surface area contributed by atoms with Gasteiger partial charge in [-0.15, -0.1) is 5.10 Å². The maximum absolute atomic E-state index is 12.6. The minimum Gasteiger partial charge on any atom is -0.452 e. The second-order valence-electron chi connectivity index (χ2n) is 6.08. The van der Waals surface area contributed by atoms with Crippen molar-refractivity contribution in [2.45, 2.75) is 12.6 Å². The molecule has 4 aromatic rings. The molecule has 0 bridgehead atoms. The Morgan fingerprint density at radius 1 is 1.00 bits per heavy atom. The van der Waals surface area contributed by atoms with Gasteiger partial charge in [0.25, 0.3) is 0 Å². The van der Waals surface area contributed by atoms with Crippen LogP contribution in [0.4, 0.5) is 0 Å². The van der Waals surface area contributed by atoms with E-state index in [9.17, 15) is 4.79 Å². The van der Waals surface area contributed by atoms with E-state index in [-0.39, 0.29) is 5.97 Å². The number of carbonyl (C=O) groups is 1. The van der Waals surface area contributed by atoms with Crippen LogP contribution in [-0.4, -0.2) is 21.0 Å². The molecule has 1 atom stereocenters. The highest BCUT2D eigenvalue weighted by molar-refractivity contribution is 9.10. The first-order valence-electron chi connectivity index (χ1n) is 8.50. The fourth-order valence-corrected chi connectivity index (χ4v) is 3.32. The van der Waals surface area contributed by atoms with Crippen LogP contribution in [-0.2, 0) is 11.3 Å². The number of carbonyl (C=O) groups excluding carboxylic acids is 1. The lowest BCUT2D eigenvalue weighted by molar-refractivity contribution is 0.0248. The molecule has 0 radical (unpaired) electrons. The summed E-state index contributed by atoms with van der Waals surface area (Å²) in [6.07, 6.45) is -0.500. The van der Waals surface area contributed by atoms with E-state index in [0.29, 0.717) is 12.1 Å². The van der Waals surface area contributed by atoms with Crippen LogP contribution in [0.3, 0.4) is 0 Å². The van der Waals surface area contributed by atoms with Crippen molar-refractivity contribution in [3.05, 3.63) is 94.5 Å². The third-order valence-electron chi connectivity index (χ3n) is 4.24. The fraction of sp³-hybridized carbons (Fsp3) is 0.0952. The number of esters is 1. The van der Waals surface area contributed by atoms with Crippen LogP contribution in [0.1, 0.15) is 22.0 Å². The minimum atomic E-state index is -0.500. The van der Waals surface area contributed by atoms with Crippen molar-refractivity contribution in [3.8, 4) is 0 Å². The smallest absolute Gasteiger partial charge is 0.338 e. The molecule has 0 aliphatic heterocycles. The molecule has 0 aliphatic rings. The van der Waals surface area contributed by atoms with Gasteiger partial charge in [0.1, 0.15) is 11.6 Å². The molecule has 0 saturated carbocycles. The van der Waals surface area contributed by atoms with Gasteiger partial charge < -0.3 is 4.74 Å². The van der Waals surface area contributed by atoms with Gasteiger partial charge in [0, 0.05) is 4.47 Å². The van der Waals surface area contributed by atoms with Gasteiger partial charge in [-0.3, -0.25) is 0 Å². The van der Waals surface area contributed by atoms with E-state index in [4.69, 9.17) is 4.74 Å². The molecule has 3 aromatic carbocycles. The molecule has 134 valence electrons. The Morgan fingerprint density at radius 2 is 1.78 bits per heavy atom. The van der Waals surface area contributed by atoms with Gasteiger partial charge in [-0.25, -0.2) is 9.48 Å². The number of rotatable bonds is 5. The third-order valence-corrected chi connectivity index (χ3v) is 4.73. The zero-order valence-corrected chi connectivity index (χ0v) is 15.9. The molecule has 5 nitrogen and oxygen atoms in total. The molecule has 1 heterocycles. The number of nitrogens with zero attached hydrogens (tertiary/aromatic N) is 3. The highest BCUT2D eigenvalue weighted by atomic mass is 79.9. The summed E-state index contributed by atoms with van der Waals surface area (Å²) in [6.45, 7) is 0.371. The predicted octanol–water partition coefficient (Wildman–Crippen LogP) is 4.79. The quantitative estimate of drug-likeness (QED) is 0.434. The molecule has 4 rings (SSSR count). The molecule has 0 N–H and O–H groups in total. The first-order valence-corrected chi connectivity index (χ1v) is 9.30. The fourth-order valence-electron chi connectivity index (χ4n) is 2.90. The zero-order valence-electron chi connectivity index (χ0n) is 14.3. The molecule has 0 aliphatic carbocycles. The van der Waals surface area contributed by atoms with Crippen LogP contribution in [0.25, 0.3) is 11.0 Å². The maximum Gasteiger partial charge on any atom is 0.338 e. The molecule has 6 heteroatoms. The summed E-state index contributed by atoms with van der Waals surface area (Å²) in [5.74, 6) is -0.370. The Labute approximate surface area is 164 Å². The van der Waals surface area contributed by atoms with Crippen molar-refractivity contribution in [2.24, 2.45) is 0 Å². The summed E-state index contributed by atoms with van der Waals surface area (Å²) < 4.78 is 8.54. The monoisotopic (exact) mass is 421 g/mol. The molecule has 1 unspecified atom stereocenters. The average molecular weight is 422 g/mol. The topological polar surface area (TPSA) is 57.0 Å². The van der Waals surface area contributed by atoms with Crippen LogP contribution in [0.5, 0.6) is 0 Å². The average Bonchev–Trinajstić information content (AvgIpc) is 3.11. The van der Waals surface area contributed by atoms with Gasteiger partial charge in [-0.05, 0) is 42.0 Å². The van der Waals surface area contributed by atoms with E-state index in [1.165, 1.54) is 0 Å².